The monoisotopic (exact) mass is 337 g/mol. The Morgan fingerprint density at radius 3 is 2.83 bits per heavy atom. The Bertz CT molecular complexity index is 814. The van der Waals surface area contributed by atoms with Gasteiger partial charge in [-0.25, -0.2) is 9.97 Å². The van der Waals surface area contributed by atoms with Gasteiger partial charge < -0.3 is 4.42 Å². The summed E-state index contributed by atoms with van der Waals surface area (Å²) in [5.41, 5.74) is 2.17. The fourth-order valence-corrected chi connectivity index (χ4v) is 3.06. The predicted molar refractivity (Wildman–Crippen MR) is 82.5 cm³/mol. The lowest BCUT2D eigenvalue weighted by molar-refractivity contribution is 0.216. The topological polar surface area (TPSA) is 96.5 Å². The fraction of sp³-hybridized carbons (Fsp3) is 0.467. The van der Waals surface area contributed by atoms with Gasteiger partial charge >= 0.3 is 10.1 Å². The van der Waals surface area contributed by atoms with Crippen LogP contribution in [-0.4, -0.2) is 34.4 Å². The first-order chi connectivity index (χ1) is 10.8. The van der Waals surface area contributed by atoms with Gasteiger partial charge in [-0.15, -0.1) is 0 Å². The minimum absolute atomic E-state index is 0.306. The van der Waals surface area contributed by atoms with E-state index in [1.165, 1.54) is 6.07 Å². The van der Waals surface area contributed by atoms with E-state index in [4.69, 9.17) is 8.97 Å². The number of nitrogens with zero attached hydrogens (tertiary/aromatic N) is 3. The molecule has 0 bridgehead atoms. The molecule has 0 radical (unpaired) electrons. The average Bonchev–Trinajstić information content (AvgIpc) is 2.95. The van der Waals surface area contributed by atoms with Crippen LogP contribution in [0.4, 0.5) is 0 Å². The lowest BCUT2D eigenvalue weighted by Gasteiger charge is -2.27. The molecule has 0 amide bonds. The maximum absolute atomic E-state index is 11.0. The molecule has 1 N–H and O–H groups in total. The third-order valence-corrected chi connectivity index (χ3v) is 4.55. The van der Waals surface area contributed by atoms with E-state index in [1.54, 1.807) is 6.07 Å². The molecule has 1 aliphatic heterocycles. The summed E-state index contributed by atoms with van der Waals surface area (Å²) in [5, 5.41) is -0.421. The fourth-order valence-electron chi connectivity index (χ4n) is 2.61. The second kappa shape index (κ2) is 6.03. The molecule has 3 rings (SSSR count). The quantitative estimate of drug-likeness (QED) is 0.852. The summed E-state index contributed by atoms with van der Waals surface area (Å²) in [6.07, 6.45) is 2.69. The van der Waals surface area contributed by atoms with Crippen molar-refractivity contribution in [3.63, 3.8) is 0 Å². The molecule has 8 heteroatoms. The minimum Gasteiger partial charge on any atom is -0.446 e. The minimum atomic E-state index is -4.29. The van der Waals surface area contributed by atoms with E-state index < -0.39 is 15.2 Å². The van der Waals surface area contributed by atoms with Gasteiger partial charge in [-0.1, -0.05) is 13.8 Å². The zero-order valence-corrected chi connectivity index (χ0v) is 13.9. The zero-order valence-electron chi connectivity index (χ0n) is 13.1. The van der Waals surface area contributed by atoms with Crippen molar-refractivity contribution < 1.29 is 17.4 Å². The number of aromatic nitrogens is 2. The first-order valence-electron chi connectivity index (χ1n) is 7.46. The van der Waals surface area contributed by atoms with Crippen molar-refractivity contribution in [1.29, 1.82) is 0 Å². The number of hydrogen-bond donors (Lipinski definition) is 1. The van der Waals surface area contributed by atoms with E-state index >= 15 is 0 Å². The standard InChI is InChI=1S/C15H19N3O4S/c1-10(2)15-16-7-11-8-18(6-5-13(11)17-15)9-12-3-4-14(22-12)23(19,20)21/h3-4,7,10H,5-6,8-9H2,1-2H3,(H,19,20,21). The van der Waals surface area contributed by atoms with Gasteiger partial charge in [0.15, 0.2) is 0 Å². The molecular formula is C15H19N3O4S. The van der Waals surface area contributed by atoms with Crippen LogP contribution in [0.2, 0.25) is 0 Å². The van der Waals surface area contributed by atoms with Gasteiger partial charge in [-0.2, -0.15) is 8.42 Å². The van der Waals surface area contributed by atoms with Crippen molar-refractivity contribution in [2.75, 3.05) is 6.54 Å². The van der Waals surface area contributed by atoms with Crippen molar-refractivity contribution in [2.24, 2.45) is 0 Å². The Kier molecular flexibility index (Phi) is 4.22. The Labute approximate surface area is 135 Å². The summed E-state index contributed by atoms with van der Waals surface area (Å²) in [7, 11) is -4.29. The second-order valence-electron chi connectivity index (χ2n) is 6.01. The lowest BCUT2D eigenvalue weighted by atomic mass is 10.1. The van der Waals surface area contributed by atoms with Crippen molar-refractivity contribution >= 4 is 10.1 Å². The van der Waals surface area contributed by atoms with Gasteiger partial charge in [0, 0.05) is 42.9 Å². The summed E-state index contributed by atoms with van der Waals surface area (Å²) in [5.74, 6) is 1.67. The number of furan rings is 1. The van der Waals surface area contributed by atoms with Crippen LogP contribution in [0.5, 0.6) is 0 Å². The molecule has 1 aliphatic rings. The first kappa shape index (κ1) is 16.1. The summed E-state index contributed by atoms with van der Waals surface area (Å²) in [6.45, 7) is 6.11. The van der Waals surface area contributed by atoms with E-state index in [1.807, 2.05) is 6.20 Å². The molecule has 0 saturated heterocycles. The number of fused-ring (bicyclic) bond motifs is 1. The molecule has 124 valence electrons. The molecule has 0 saturated carbocycles. The maximum Gasteiger partial charge on any atom is 0.328 e. The van der Waals surface area contributed by atoms with Crippen LogP contribution >= 0.6 is 0 Å². The Hall–Kier alpha value is -1.77. The SMILES string of the molecule is CC(C)c1ncc2c(n1)CCN(Cc1ccc(S(=O)(=O)O)o1)C2. The van der Waals surface area contributed by atoms with Gasteiger partial charge in [0.1, 0.15) is 11.6 Å². The van der Waals surface area contributed by atoms with Crippen LogP contribution in [-0.2, 0) is 29.6 Å². The van der Waals surface area contributed by atoms with Crippen LogP contribution in [0.1, 0.15) is 42.6 Å². The van der Waals surface area contributed by atoms with Crippen LogP contribution in [0.15, 0.2) is 27.8 Å². The highest BCUT2D eigenvalue weighted by Crippen LogP contribution is 2.22. The van der Waals surface area contributed by atoms with Crippen molar-refractivity contribution in [2.45, 2.75) is 44.4 Å². The summed E-state index contributed by atoms with van der Waals surface area (Å²) >= 11 is 0. The largest absolute Gasteiger partial charge is 0.446 e. The van der Waals surface area contributed by atoms with Gasteiger partial charge in [-0.05, 0) is 12.1 Å². The third kappa shape index (κ3) is 3.60. The van der Waals surface area contributed by atoms with Crippen molar-refractivity contribution in [1.82, 2.24) is 14.9 Å². The Morgan fingerprint density at radius 1 is 1.39 bits per heavy atom. The molecular weight excluding hydrogens is 318 g/mol. The zero-order chi connectivity index (χ0) is 16.6. The highest BCUT2D eigenvalue weighted by Gasteiger charge is 2.21. The second-order valence-corrected chi connectivity index (χ2v) is 7.36. The Balaban J connectivity index is 1.71. The molecule has 0 spiro atoms. The van der Waals surface area contributed by atoms with E-state index in [0.717, 1.165) is 30.0 Å². The summed E-state index contributed by atoms with van der Waals surface area (Å²) in [6, 6.07) is 2.83. The van der Waals surface area contributed by atoms with E-state index in [9.17, 15) is 8.42 Å². The van der Waals surface area contributed by atoms with Crippen LogP contribution in [0.25, 0.3) is 0 Å². The van der Waals surface area contributed by atoms with Gasteiger partial charge in [0.2, 0.25) is 5.09 Å². The van der Waals surface area contributed by atoms with Crippen LogP contribution in [0, 0.1) is 0 Å². The third-order valence-electron chi connectivity index (χ3n) is 3.82. The van der Waals surface area contributed by atoms with E-state index in [-0.39, 0.29) is 0 Å². The van der Waals surface area contributed by atoms with Gasteiger partial charge in [0.05, 0.1) is 6.54 Å². The number of rotatable bonds is 4. The maximum atomic E-state index is 11.0. The molecule has 0 atom stereocenters. The first-order valence-corrected chi connectivity index (χ1v) is 8.90. The normalized spacial score (nSPS) is 15.8. The molecule has 2 aromatic heterocycles. The molecule has 23 heavy (non-hydrogen) atoms. The molecule has 3 heterocycles. The average molecular weight is 337 g/mol. The van der Waals surface area contributed by atoms with E-state index in [0.29, 0.717) is 24.8 Å². The number of hydrogen-bond acceptors (Lipinski definition) is 6. The van der Waals surface area contributed by atoms with E-state index in [2.05, 4.69) is 28.7 Å². The highest BCUT2D eigenvalue weighted by atomic mass is 32.2. The smallest absolute Gasteiger partial charge is 0.328 e. The molecule has 0 aliphatic carbocycles. The van der Waals surface area contributed by atoms with Crippen molar-refractivity contribution in [3.05, 3.63) is 41.2 Å². The molecule has 0 aromatic carbocycles. The van der Waals surface area contributed by atoms with Crippen LogP contribution < -0.4 is 0 Å². The highest BCUT2D eigenvalue weighted by molar-refractivity contribution is 7.85. The summed E-state index contributed by atoms with van der Waals surface area (Å²) < 4.78 is 36.2. The van der Waals surface area contributed by atoms with Crippen LogP contribution in [0.3, 0.4) is 0 Å². The molecule has 7 nitrogen and oxygen atoms in total. The predicted octanol–water partition coefficient (Wildman–Crippen LogP) is 2.00. The molecule has 0 fully saturated rings. The van der Waals surface area contributed by atoms with Gasteiger partial charge in [-0.3, -0.25) is 9.45 Å². The van der Waals surface area contributed by atoms with Gasteiger partial charge in [0.25, 0.3) is 0 Å². The lowest BCUT2D eigenvalue weighted by Crippen LogP contribution is -2.31. The Morgan fingerprint density at radius 2 is 2.17 bits per heavy atom. The van der Waals surface area contributed by atoms with Crippen molar-refractivity contribution in [3.8, 4) is 0 Å². The summed E-state index contributed by atoms with van der Waals surface area (Å²) in [4.78, 5) is 11.1. The molecule has 2 aromatic rings. The molecule has 0 unspecified atom stereocenters.